The standard InChI is InChI=1S/C22H34O2/c1-5-7-8-9-10-11-12-14-19(3)18-24-21-16-15-20(13-6-2)17-22(21)23-4/h6,15-18H,2,5,7-14H2,1,3-4H3/b19-18+. The average molecular weight is 331 g/mol. The fourth-order valence-corrected chi connectivity index (χ4v) is 2.69. The van der Waals surface area contributed by atoms with Crippen LogP contribution in [0.15, 0.2) is 42.7 Å². The van der Waals surface area contributed by atoms with Crippen LogP contribution in [0.2, 0.25) is 0 Å². The average Bonchev–Trinajstić information content (AvgIpc) is 2.60. The smallest absolute Gasteiger partial charge is 0.168 e. The summed E-state index contributed by atoms with van der Waals surface area (Å²) < 4.78 is 11.2. The van der Waals surface area contributed by atoms with Gasteiger partial charge in [0.05, 0.1) is 13.4 Å². The van der Waals surface area contributed by atoms with Crippen molar-refractivity contribution in [2.45, 2.75) is 71.6 Å². The topological polar surface area (TPSA) is 18.5 Å². The lowest BCUT2D eigenvalue weighted by atomic mass is 10.1. The Labute approximate surface area is 148 Å². The van der Waals surface area contributed by atoms with Crippen molar-refractivity contribution >= 4 is 0 Å². The molecule has 0 atom stereocenters. The first-order valence-electron chi connectivity index (χ1n) is 9.31. The van der Waals surface area contributed by atoms with Crippen LogP contribution in [-0.4, -0.2) is 7.11 Å². The predicted octanol–water partition coefficient (Wildman–Crippen LogP) is 6.85. The van der Waals surface area contributed by atoms with Crippen molar-refractivity contribution in [2.24, 2.45) is 0 Å². The van der Waals surface area contributed by atoms with Gasteiger partial charge in [0.25, 0.3) is 0 Å². The van der Waals surface area contributed by atoms with E-state index in [-0.39, 0.29) is 0 Å². The van der Waals surface area contributed by atoms with Gasteiger partial charge in [-0.3, -0.25) is 0 Å². The van der Waals surface area contributed by atoms with E-state index >= 15 is 0 Å². The second-order valence-corrected chi connectivity index (χ2v) is 6.43. The largest absolute Gasteiger partial charge is 0.493 e. The Hall–Kier alpha value is -1.70. The summed E-state index contributed by atoms with van der Waals surface area (Å²) in [6.07, 6.45) is 15.1. The van der Waals surface area contributed by atoms with E-state index in [0.717, 1.165) is 24.3 Å². The van der Waals surface area contributed by atoms with E-state index in [1.54, 1.807) is 7.11 Å². The number of hydrogen-bond donors (Lipinski definition) is 0. The normalized spacial score (nSPS) is 11.4. The van der Waals surface area contributed by atoms with Crippen molar-refractivity contribution < 1.29 is 9.47 Å². The maximum atomic E-state index is 5.82. The molecule has 0 unspecified atom stereocenters. The monoisotopic (exact) mass is 330 g/mol. The van der Waals surface area contributed by atoms with E-state index < -0.39 is 0 Å². The van der Waals surface area contributed by atoms with Crippen LogP contribution in [0.5, 0.6) is 11.5 Å². The number of hydrogen-bond acceptors (Lipinski definition) is 2. The van der Waals surface area contributed by atoms with Gasteiger partial charge < -0.3 is 9.47 Å². The third-order valence-corrected chi connectivity index (χ3v) is 4.17. The molecule has 134 valence electrons. The highest BCUT2D eigenvalue weighted by molar-refractivity contribution is 5.43. The molecule has 0 saturated carbocycles. The van der Waals surface area contributed by atoms with Crippen LogP contribution < -0.4 is 9.47 Å². The molecule has 0 aliphatic carbocycles. The molecule has 0 fully saturated rings. The second kappa shape index (κ2) is 12.7. The van der Waals surface area contributed by atoms with Crippen LogP contribution >= 0.6 is 0 Å². The molecule has 0 N–H and O–H groups in total. The Balaban J connectivity index is 2.37. The van der Waals surface area contributed by atoms with Crippen LogP contribution in [0, 0.1) is 0 Å². The lowest BCUT2D eigenvalue weighted by molar-refractivity contribution is 0.376. The van der Waals surface area contributed by atoms with Gasteiger partial charge >= 0.3 is 0 Å². The van der Waals surface area contributed by atoms with Crippen molar-refractivity contribution in [1.29, 1.82) is 0 Å². The number of methoxy groups -OCH3 is 1. The first-order valence-corrected chi connectivity index (χ1v) is 9.31. The van der Waals surface area contributed by atoms with E-state index in [1.165, 1.54) is 56.1 Å². The SMILES string of the molecule is C=CCc1ccc(O/C=C(\C)CCCCCCCCC)c(OC)c1. The number of benzene rings is 1. The van der Waals surface area contributed by atoms with Crippen molar-refractivity contribution in [3.05, 3.63) is 48.3 Å². The molecule has 0 radical (unpaired) electrons. The highest BCUT2D eigenvalue weighted by Crippen LogP contribution is 2.29. The Morgan fingerprint density at radius 2 is 1.75 bits per heavy atom. The van der Waals surface area contributed by atoms with Gasteiger partial charge in [0.1, 0.15) is 0 Å². The van der Waals surface area contributed by atoms with Crippen LogP contribution in [0.25, 0.3) is 0 Å². The lowest BCUT2D eigenvalue weighted by Crippen LogP contribution is -1.93. The van der Waals surface area contributed by atoms with Crippen LogP contribution in [0.3, 0.4) is 0 Å². The van der Waals surface area contributed by atoms with E-state index in [1.807, 2.05) is 24.5 Å². The molecule has 0 aromatic heterocycles. The fourth-order valence-electron chi connectivity index (χ4n) is 2.69. The Morgan fingerprint density at radius 1 is 1.04 bits per heavy atom. The molecule has 0 aliphatic rings. The van der Waals surface area contributed by atoms with Crippen molar-refractivity contribution in [2.75, 3.05) is 7.11 Å². The third kappa shape index (κ3) is 8.24. The minimum atomic E-state index is 0.768. The molecule has 24 heavy (non-hydrogen) atoms. The van der Waals surface area contributed by atoms with E-state index in [4.69, 9.17) is 9.47 Å². The first-order chi connectivity index (χ1) is 11.7. The Kier molecular flexibility index (Phi) is 10.8. The summed E-state index contributed by atoms with van der Waals surface area (Å²) >= 11 is 0. The molecule has 2 nitrogen and oxygen atoms in total. The second-order valence-electron chi connectivity index (χ2n) is 6.43. The maximum absolute atomic E-state index is 5.82. The summed E-state index contributed by atoms with van der Waals surface area (Å²) in [6.45, 7) is 8.16. The quantitative estimate of drug-likeness (QED) is 0.224. The van der Waals surface area contributed by atoms with Crippen molar-refractivity contribution in [1.82, 2.24) is 0 Å². The summed E-state index contributed by atoms with van der Waals surface area (Å²) in [5.41, 5.74) is 2.46. The number of unbranched alkanes of at least 4 members (excludes halogenated alkanes) is 6. The summed E-state index contributed by atoms with van der Waals surface area (Å²) in [4.78, 5) is 0. The number of allylic oxidation sites excluding steroid dienone is 2. The van der Waals surface area contributed by atoms with Crippen LogP contribution in [0.4, 0.5) is 0 Å². The Bertz CT molecular complexity index is 503. The molecular weight excluding hydrogens is 296 g/mol. The van der Waals surface area contributed by atoms with Gasteiger partial charge in [-0.05, 0) is 49.5 Å². The Morgan fingerprint density at radius 3 is 2.42 bits per heavy atom. The summed E-state index contributed by atoms with van der Waals surface area (Å²) in [6, 6.07) is 6.03. The summed E-state index contributed by atoms with van der Waals surface area (Å²) in [5.74, 6) is 1.54. The van der Waals surface area contributed by atoms with Gasteiger partial charge in [0, 0.05) is 0 Å². The van der Waals surface area contributed by atoms with E-state index in [0.29, 0.717) is 0 Å². The molecule has 0 aliphatic heterocycles. The third-order valence-electron chi connectivity index (χ3n) is 4.17. The van der Waals surface area contributed by atoms with E-state index in [2.05, 4.69) is 26.5 Å². The minimum Gasteiger partial charge on any atom is -0.493 e. The molecule has 2 heteroatoms. The van der Waals surface area contributed by atoms with E-state index in [9.17, 15) is 0 Å². The van der Waals surface area contributed by atoms with Gasteiger partial charge in [-0.15, -0.1) is 6.58 Å². The van der Waals surface area contributed by atoms with Crippen molar-refractivity contribution in [3.8, 4) is 11.5 Å². The van der Waals surface area contributed by atoms with Gasteiger partial charge in [-0.1, -0.05) is 57.6 Å². The van der Waals surface area contributed by atoms with Gasteiger partial charge in [-0.25, -0.2) is 0 Å². The minimum absolute atomic E-state index is 0.768. The molecule has 1 aromatic rings. The number of ether oxygens (including phenoxy) is 2. The number of rotatable bonds is 13. The lowest BCUT2D eigenvalue weighted by Gasteiger charge is -2.10. The zero-order chi connectivity index (χ0) is 17.6. The van der Waals surface area contributed by atoms with Crippen LogP contribution in [-0.2, 0) is 6.42 Å². The summed E-state index contributed by atoms with van der Waals surface area (Å²) in [5, 5.41) is 0. The molecule has 0 bridgehead atoms. The van der Waals surface area contributed by atoms with Crippen LogP contribution in [0.1, 0.15) is 70.8 Å². The molecule has 0 saturated heterocycles. The highest BCUT2D eigenvalue weighted by Gasteiger charge is 2.04. The zero-order valence-electron chi connectivity index (χ0n) is 15.8. The maximum Gasteiger partial charge on any atom is 0.168 e. The first kappa shape index (κ1) is 20.3. The van der Waals surface area contributed by atoms with Gasteiger partial charge in [0.2, 0.25) is 0 Å². The zero-order valence-corrected chi connectivity index (χ0v) is 15.8. The van der Waals surface area contributed by atoms with Crippen molar-refractivity contribution in [3.63, 3.8) is 0 Å². The highest BCUT2D eigenvalue weighted by atomic mass is 16.5. The predicted molar refractivity (Wildman–Crippen MR) is 104 cm³/mol. The molecular formula is C22H34O2. The summed E-state index contributed by atoms with van der Waals surface area (Å²) in [7, 11) is 1.68. The fraction of sp³-hybridized carbons (Fsp3) is 0.545. The van der Waals surface area contributed by atoms with Gasteiger partial charge in [0.15, 0.2) is 11.5 Å². The molecule has 0 amide bonds. The molecule has 0 heterocycles. The van der Waals surface area contributed by atoms with Gasteiger partial charge in [-0.2, -0.15) is 0 Å². The molecule has 0 spiro atoms. The molecule has 1 aromatic carbocycles. The molecule has 1 rings (SSSR count).